The Kier molecular flexibility index (Phi) is 7.40. The van der Waals surface area contributed by atoms with Crippen LogP contribution in [0.2, 0.25) is 0 Å². The first-order valence-electron chi connectivity index (χ1n) is 9.33. The molecule has 0 atom stereocenters. The highest BCUT2D eigenvalue weighted by Crippen LogP contribution is 2.30. The van der Waals surface area contributed by atoms with Crippen molar-refractivity contribution >= 4 is 34.9 Å². The van der Waals surface area contributed by atoms with E-state index in [1.807, 2.05) is 47.2 Å². The van der Waals surface area contributed by atoms with Crippen molar-refractivity contribution in [2.75, 3.05) is 13.1 Å². The predicted octanol–water partition coefficient (Wildman–Crippen LogP) is 3.07. The molecule has 1 N–H and O–H groups in total. The highest BCUT2D eigenvalue weighted by Gasteiger charge is 2.34. The van der Waals surface area contributed by atoms with Crippen LogP contribution in [0.1, 0.15) is 18.4 Å². The van der Waals surface area contributed by atoms with Crippen molar-refractivity contribution < 1.29 is 14.4 Å². The highest BCUT2D eigenvalue weighted by atomic mass is 32.2. The molecule has 150 valence electrons. The fourth-order valence-electron chi connectivity index (χ4n) is 2.73. The molecule has 2 heterocycles. The van der Waals surface area contributed by atoms with Gasteiger partial charge in [0.15, 0.2) is 0 Å². The topological polar surface area (TPSA) is 84.3 Å². The molecular formula is C21H22N4O3S. The summed E-state index contributed by atoms with van der Waals surface area (Å²) in [6, 6.07) is 9.68. The first kappa shape index (κ1) is 20.6. The van der Waals surface area contributed by atoms with Crippen molar-refractivity contribution in [1.29, 1.82) is 0 Å². The summed E-state index contributed by atoms with van der Waals surface area (Å²) in [6.07, 6.45) is 11.4. The first-order chi connectivity index (χ1) is 14.1. The standard InChI is InChI=1S/C21H22N4O3S/c26-19(23-11-5-13-24-15-12-22-16-24)10-14-25-20(27)18(29-21(25)28)9-4-8-17-6-2-1-3-7-17/h1-4,6-9,12,15-16H,5,10-11,13-14H2,(H,23,26)/b8-4+,18-9+. The van der Waals surface area contributed by atoms with E-state index in [4.69, 9.17) is 0 Å². The molecule has 1 aliphatic rings. The molecule has 0 unspecified atom stereocenters. The highest BCUT2D eigenvalue weighted by molar-refractivity contribution is 8.18. The number of thioether (sulfide) groups is 1. The largest absolute Gasteiger partial charge is 0.356 e. The summed E-state index contributed by atoms with van der Waals surface area (Å²) in [6.45, 7) is 1.38. The number of nitrogens with zero attached hydrogens (tertiary/aromatic N) is 3. The van der Waals surface area contributed by atoms with Gasteiger partial charge in [0.2, 0.25) is 5.91 Å². The number of benzene rings is 1. The number of carbonyl (C=O) groups is 3. The zero-order valence-electron chi connectivity index (χ0n) is 15.9. The summed E-state index contributed by atoms with van der Waals surface area (Å²) < 4.78 is 1.94. The third kappa shape index (κ3) is 6.18. The number of nitrogens with one attached hydrogen (secondary N) is 1. The van der Waals surface area contributed by atoms with E-state index in [9.17, 15) is 14.4 Å². The molecule has 8 heteroatoms. The van der Waals surface area contributed by atoms with Crippen LogP contribution >= 0.6 is 11.8 Å². The number of hydrogen-bond donors (Lipinski definition) is 1. The summed E-state index contributed by atoms with van der Waals surface area (Å²) in [5.74, 6) is -0.534. The van der Waals surface area contributed by atoms with Crippen LogP contribution in [0.5, 0.6) is 0 Å². The van der Waals surface area contributed by atoms with E-state index in [0.717, 1.165) is 35.2 Å². The third-order valence-electron chi connectivity index (χ3n) is 4.25. The molecule has 3 amide bonds. The molecule has 0 bridgehead atoms. The van der Waals surface area contributed by atoms with E-state index in [-0.39, 0.29) is 30.0 Å². The minimum absolute atomic E-state index is 0.0811. The molecule has 1 aromatic carbocycles. The molecule has 1 aromatic heterocycles. The van der Waals surface area contributed by atoms with Gasteiger partial charge in [0, 0.05) is 38.4 Å². The van der Waals surface area contributed by atoms with Crippen LogP contribution in [0, 0.1) is 0 Å². The molecule has 0 saturated carbocycles. The third-order valence-corrected chi connectivity index (χ3v) is 5.17. The number of allylic oxidation sites excluding steroid dienone is 2. The van der Waals surface area contributed by atoms with Gasteiger partial charge < -0.3 is 9.88 Å². The molecule has 1 fully saturated rings. The fraction of sp³-hybridized carbons (Fsp3) is 0.238. The quantitative estimate of drug-likeness (QED) is 0.507. The Labute approximate surface area is 173 Å². The minimum atomic E-state index is -0.356. The lowest BCUT2D eigenvalue weighted by Gasteiger charge is -2.12. The molecule has 3 rings (SSSR count). The Morgan fingerprint density at radius 1 is 1.17 bits per heavy atom. The molecule has 29 heavy (non-hydrogen) atoms. The van der Waals surface area contributed by atoms with Gasteiger partial charge in [0.05, 0.1) is 11.2 Å². The van der Waals surface area contributed by atoms with Gasteiger partial charge in [0.25, 0.3) is 11.1 Å². The smallest absolute Gasteiger partial charge is 0.293 e. The van der Waals surface area contributed by atoms with Gasteiger partial charge >= 0.3 is 0 Å². The van der Waals surface area contributed by atoms with Crippen molar-refractivity contribution in [3.05, 3.63) is 71.7 Å². The number of carbonyl (C=O) groups excluding carboxylic acids is 3. The molecule has 7 nitrogen and oxygen atoms in total. The van der Waals surface area contributed by atoms with Gasteiger partial charge in [-0.05, 0) is 29.8 Å². The number of imide groups is 1. The minimum Gasteiger partial charge on any atom is -0.356 e. The average molecular weight is 410 g/mol. The zero-order chi connectivity index (χ0) is 20.5. The number of rotatable bonds is 9. The lowest BCUT2D eigenvalue weighted by atomic mass is 10.2. The maximum absolute atomic E-state index is 12.4. The van der Waals surface area contributed by atoms with Crippen LogP contribution in [0.15, 0.2) is 66.1 Å². The van der Waals surface area contributed by atoms with Gasteiger partial charge in [-0.2, -0.15) is 0 Å². The van der Waals surface area contributed by atoms with Crippen LogP contribution in [0.3, 0.4) is 0 Å². The van der Waals surface area contributed by atoms with Crippen LogP contribution in [0.4, 0.5) is 4.79 Å². The normalized spacial score (nSPS) is 15.6. The van der Waals surface area contributed by atoms with Gasteiger partial charge in [-0.3, -0.25) is 19.3 Å². The second-order valence-electron chi connectivity index (χ2n) is 6.38. The molecular weight excluding hydrogens is 388 g/mol. The maximum Gasteiger partial charge on any atom is 0.293 e. The van der Waals surface area contributed by atoms with Gasteiger partial charge in [0.1, 0.15) is 0 Å². The van der Waals surface area contributed by atoms with E-state index in [1.54, 1.807) is 24.7 Å². The van der Waals surface area contributed by atoms with Crippen LogP contribution in [-0.2, 0) is 16.1 Å². The number of aromatic nitrogens is 2. The molecule has 1 saturated heterocycles. The van der Waals surface area contributed by atoms with Crippen LogP contribution < -0.4 is 5.32 Å². The number of aryl methyl sites for hydroxylation is 1. The summed E-state index contributed by atoms with van der Waals surface area (Å²) in [4.78, 5) is 41.9. The average Bonchev–Trinajstić information content (AvgIpc) is 3.33. The molecule has 0 radical (unpaired) electrons. The molecule has 0 aliphatic carbocycles. The number of amides is 3. The number of hydrogen-bond acceptors (Lipinski definition) is 5. The second kappa shape index (κ2) is 10.4. The summed E-state index contributed by atoms with van der Waals surface area (Å²) in [5, 5.41) is 2.46. The Morgan fingerprint density at radius 3 is 2.76 bits per heavy atom. The second-order valence-corrected chi connectivity index (χ2v) is 7.37. The number of imidazole rings is 1. The SMILES string of the molecule is O=C(CCN1C(=O)S/C(=C/C=C/c2ccccc2)C1=O)NCCCn1ccnc1. The van der Waals surface area contributed by atoms with Crippen molar-refractivity contribution in [1.82, 2.24) is 19.8 Å². The maximum atomic E-state index is 12.4. The van der Waals surface area contributed by atoms with E-state index in [1.165, 1.54) is 0 Å². The lowest BCUT2D eigenvalue weighted by molar-refractivity contribution is -0.124. The lowest BCUT2D eigenvalue weighted by Crippen LogP contribution is -2.34. The van der Waals surface area contributed by atoms with Crippen molar-refractivity contribution in [2.24, 2.45) is 0 Å². The van der Waals surface area contributed by atoms with Crippen LogP contribution in [-0.4, -0.2) is 44.6 Å². The van der Waals surface area contributed by atoms with E-state index >= 15 is 0 Å². The monoisotopic (exact) mass is 410 g/mol. The first-order valence-corrected chi connectivity index (χ1v) is 10.1. The Hall–Kier alpha value is -3.13. The van der Waals surface area contributed by atoms with Gasteiger partial charge in [-0.15, -0.1) is 0 Å². The summed E-state index contributed by atoms with van der Waals surface area (Å²) in [5.41, 5.74) is 1.01. The van der Waals surface area contributed by atoms with Crippen molar-refractivity contribution in [3.63, 3.8) is 0 Å². The van der Waals surface area contributed by atoms with Crippen molar-refractivity contribution in [3.8, 4) is 0 Å². The molecule has 0 spiro atoms. The summed E-state index contributed by atoms with van der Waals surface area (Å²) in [7, 11) is 0. The predicted molar refractivity (Wildman–Crippen MR) is 113 cm³/mol. The van der Waals surface area contributed by atoms with Gasteiger partial charge in [-0.1, -0.05) is 42.5 Å². The Bertz CT molecular complexity index is 907. The van der Waals surface area contributed by atoms with E-state index in [0.29, 0.717) is 11.4 Å². The van der Waals surface area contributed by atoms with Gasteiger partial charge in [-0.25, -0.2) is 4.98 Å². The molecule has 1 aliphatic heterocycles. The zero-order valence-corrected chi connectivity index (χ0v) is 16.7. The molecule has 2 aromatic rings. The summed E-state index contributed by atoms with van der Waals surface area (Å²) >= 11 is 0.895. The fourth-order valence-corrected chi connectivity index (χ4v) is 3.54. The van der Waals surface area contributed by atoms with E-state index < -0.39 is 0 Å². The Morgan fingerprint density at radius 2 is 2.00 bits per heavy atom. The van der Waals surface area contributed by atoms with Crippen LogP contribution in [0.25, 0.3) is 6.08 Å². The van der Waals surface area contributed by atoms with E-state index in [2.05, 4.69) is 10.3 Å². The van der Waals surface area contributed by atoms with Crippen molar-refractivity contribution in [2.45, 2.75) is 19.4 Å². The Balaban J connectivity index is 1.41.